The lowest BCUT2D eigenvalue weighted by atomic mass is 10.1. The molecule has 0 aliphatic heterocycles. The Morgan fingerprint density at radius 1 is 1.14 bits per heavy atom. The predicted octanol–water partition coefficient (Wildman–Crippen LogP) is 3.16. The molecule has 0 saturated carbocycles. The molecule has 1 aromatic carbocycles. The Bertz CT molecular complexity index is 241. The average Bonchev–Trinajstić information content (AvgIpc) is 2.16. The molecule has 1 aromatic rings. The van der Waals surface area contributed by atoms with E-state index in [4.69, 9.17) is 0 Å². The minimum atomic E-state index is 0.799. The molecule has 0 spiro atoms. The van der Waals surface area contributed by atoms with Gasteiger partial charge < -0.3 is 4.90 Å². The summed E-state index contributed by atoms with van der Waals surface area (Å²) in [7, 11) is 2.19. The summed E-state index contributed by atoms with van der Waals surface area (Å²) in [5.41, 5.74) is 1.40. The first-order valence-corrected chi connectivity index (χ1v) is 5.41. The monoisotopic (exact) mass is 191 g/mol. The number of hydrogen-bond donors (Lipinski definition) is 0. The van der Waals surface area contributed by atoms with Crippen LogP contribution in [0.25, 0.3) is 0 Å². The highest BCUT2D eigenvalue weighted by atomic mass is 15.1. The van der Waals surface area contributed by atoms with Crippen LogP contribution in [-0.2, 0) is 6.54 Å². The zero-order chi connectivity index (χ0) is 10.4. The predicted molar refractivity (Wildman–Crippen MR) is 62.2 cm³/mol. The fourth-order valence-corrected chi connectivity index (χ4v) is 1.45. The Balaban J connectivity index is 2.30. The van der Waals surface area contributed by atoms with E-state index in [0.717, 1.165) is 12.5 Å². The molecule has 0 N–H and O–H groups in total. The van der Waals surface area contributed by atoms with Gasteiger partial charge >= 0.3 is 0 Å². The van der Waals surface area contributed by atoms with Crippen LogP contribution in [0, 0.1) is 5.92 Å². The lowest BCUT2D eigenvalue weighted by molar-refractivity contribution is 0.303. The summed E-state index contributed by atoms with van der Waals surface area (Å²) in [6.45, 7) is 6.80. The summed E-state index contributed by atoms with van der Waals surface area (Å²) in [4.78, 5) is 2.38. The molecule has 1 nitrogen and oxygen atoms in total. The third-order valence-electron chi connectivity index (χ3n) is 2.38. The molecule has 1 heteroatoms. The molecule has 0 amide bonds. The quantitative estimate of drug-likeness (QED) is 0.691. The zero-order valence-corrected chi connectivity index (χ0v) is 9.53. The van der Waals surface area contributed by atoms with Crippen molar-refractivity contribution in [2.75, 3.05) is 13.6 Å². The van der Waals surface area contributed by atoms with Crippen molar-refractivity contribution < 1.29 is 0 Å². The van der Waals surface area contributed by atoms with Gasteiger partial charge in [-0.05, 0) is 31.5 Å². The van der Waals surface area contributed by atoms with Crippen molar-refractivity contribution >= 4 is 0 Å². The average molecular weight is 191 g/mol. The van der Waals surface area contributed by atoms with Crippen molar-refractivity contribution in [1.29, 1.82) is 0 Å². The maximum Gasteiger partial charge on any atom is 0.0230 e. The largest absolute Gasteiger partial charge is 0.302 e. The Labute approximate surface area is 87.7 Å². The van der Waals surface area contributed by atoms with Crippen LogP contribution in [0.5, 0.6) is 0 Å². The Hall–Kier alpha value is -0.820. The molecule has 0 unspecified atom stereocenters. The first-order chi connectivity index (χ1) is 6.68. The van der Waals surface area contributed by atoms with Crippen molar-refractivity contribution in [1.82, 2.24) is 4.90 Å². The summed E-state index contributed by atoms with van der Waals surface area (Å²) in [5, 5.41) is 0. The van der Waals surface area contributed by atoms with E-state index in [2.05, 4.69) is 56.1 Å². The molecule has 0 fully saturated rings. The van der Waals surface area contributed by atoms with Crippen molar-refractivity contribution in [2.45, 2.75) is 26.8 Å². The van der Waals surface area contributed by atoms with Crippen molar-refractivity contribution in [3.8, 4) is 0 Å². The van der Waals surface area contributed by atoms with E-state index >= 15 is 0 Å². The standard InChI is InChI=1S/C13H21N/c1-12(2)9-10-14(3)11-13-7-5-4-6-8-13/h4-8,12H,9-11H2,1-3H3. The second kappa shape index (κ2) is 5.82. The van der Waals surface area contributed by atoms with Gasteiger partial charge in [-0.1, -0.05) is 44.2 Å². The summed E-state index contributed by atoms with van der Waals surface area (Å²) < 4.78 is 0. The van der Waals surface area contributed by atoms with Gasteiger partial charge in [0.1, 0.15) is 0 Å². The van der Waals surface area contributed by atoms with Crippen LogP contribution in [-0.4, -0.2) is 18.5 Å². The van der Waals surface area contributed by atoms with Gasteiger partial charge in [0.05, 0.1) is 0 Å². The molecule has 0 aliphatic carbocycles. The topological polar surface area (TPSA) is 3.24 Å². The summed E-state index contributed by atoms with van der Waals surface area (Å²) >= 11 is 0. The molecular formula is C13H21N. The fraction of sp³-hybridized carbons (Fsp3) is 0.538. The van der Waals surface area contributed by atoms with Crippen LogP contribution in [0.15, 0.2) is 30.3 Å². The second-order valence-corrected chi connectivity index (χ2v) is 4.41. The maximum atomic E-state index is 2.38. The lowest BCUT2D eigenvalue weighted by Gasteiger charge is -2.17. The van der Waals surface area contributed by atoms with Gasteiger partial charge in [-0.25, -0.2) is 0 Å². The molecule has 0 aliphatic rings. The van der Waals surface area contributed by atoms with Gasteiger partial charge in [0.2, 0.25) is 0 Å². The Morgan fingerprint density at radius 2 is 1.79 bits per heavy atom. The van der Waals surface area contributed by atoms with Gasteiger partial charge in [0.25, 0.3) is 0 Å². The molecule has 0 radical (unpaired) electrons. The maximum absolute atomic E-state index is 2.38. The highest BCUT2D eigenvalue weighted by molar-refractivity contribution is 5.14. The van der Waals surface area contributed by atoms with Gasteiger partial charge in [0, 0.05) is 6.54 Å². The molecule has 14 heavy (non-hydrogen) atoms. The number of rotatable bonds is 5. The number of hydrogen-bond acceptors (Lipinski definition) is 1. The van der Waals surface area contributed by atoms with E-state index in [9.17, 15) is 0 Å². The highest BCUT2D eigenvalue weighted by Gasteiger charge is 2.00. The van der Waals surface area contributed by atoms with E-state index in [1.54, 1.807) is 0 Å². The van der Waals surface area contributed by atoms with Crippen LogP contribution in [0.3, 0.4) is 0 Å². The molecular weight excluding hydrogens is 170 g/mol. The van der Waals surface area contributed by atoms with E-state index in [1.165, 1.54) is 18.5 Å². The van der Waals surface area contributed by atoms with E-state index < -0.39 is 0 Å². The van der Waals surface area contributed by atoms with Crippen LogP contribution in [0.2, 0.25) is 0 Å². The third-order valence-corrected chi connectivity index (χ3v) is 2.38. The van der Waals surface area contributed by atoms with Crippen molar-refractivity contribution in [3.05, 3.63) is 35.9 Å². The molecule has 0 bridgehead atoms. The molecule has 0 saturated heterocycles. The number of nitrogens with zero attached hydrogens (tertiary/aromatic N) is 1. The van der Waals surface area contributed by atoms with Crippen molar-refractivity contribution in [2.24, 2.45) is 5.92 Å². The van der Waals surface area contributed by atoms with Gasteiger partial charge in [0.15, 0.2) is 0 Å². The highest BCUT2D eigenvalue weighted by Crippen LogP contribution is 2.05. The van der Waals surface area contributed by atoms with Crippen LogP contribution in [0.1, 0.15) is 25.8 Å². The van der Waals surface area contributed by atoms with Gasteiger partial charge in [-0.3, -0.25) is 0 Å². The minimum absolute atomic E-state index is 0.799. The Kier molecular flexibility index (Phi) is 4.68. The van der Waals surface area contributed by atoms with E-state index in [1.807, 2.05) is 0 Å². The first kappa shape index (κ1) is 11.3. The first-order valence-electron chi connectivity index (χ1n) is 5.41. The minimum Gasteiger partial charge on any atom is -0.302 e. The summed E-state index contributed by atoms with van der Waals surface area (Å²) in [5.74, 6) is 0.799. The fourth-order valence-electron chi connectivity index (χ4n) is 1.45. The van der Waals surface area contributed by atoms with Crippen LogP contribution < -0.4 is 0 Å². The lowest BCUT2D eigenvalue weighted by Crippen LogP contribution is -2.20. The molecule has 78 valence electrons. The number of benzene rings is 1. The van der Waals surface area contributed by atoms with Crippen LogP contribution in [0.4, 0.5) is 0 Å². The molecule has 0 aromatic heterocycles. The Morgan fingerprint density at radius 3 is 2.36 bits per heavy atom. The third kappa shape index (κ3) is 4.43. The second-order valence-electron chi connectivity index (χ2n) is 4.41. The smallest absolute Gasteiger partial charge is 0.0230 e. The molecule has 0 atom stereocenters. The SMILES string of the molecule is CC(C)CCN(C)Cc1ccccc1. The van der Waals surface area contributed by atoms with Crippen molar-refractivity contribution in [3.63, 3.8) is 0 Å². The summed E-state index contributed by atoms with van der Waals surface area (Å²) in [6, 6.07) is 10.6. The van der Waals surface area contributed by atoms with E-state index in [-0.39, 0.29) is 0 Å². The van der Waals surface area contributed by atoms with Crippen LogP contribution >= 0.6 is 0 Å². The normalized spacial score (nSPS) is 11.2. The van der Waals surface area contributed by atoms with Gasteiger partial charge in [-0.15, -0.1) is 0 Å². The summed E-state index contributed by atoms with van der Waals surface area (Å²) in [6.07, 6.45) is 1.28. The molecule has 1 rings (SSSR count). The van der Waals surface area contributed by atoms with E-state index in [0.29, 0.717) is 0 Å². The molecule has 0 heterocycles. The zero-order valence-electron chi connectivity index (χ0n) is 9.53. The van der Waals surface area contributed by atoms with Gasteiger partial charge in [-0.2, -0.15) is 0 Å².